The van der Waals surface area contributed by atoms with Crippen molar-refractivity contribution >= 4 is 5.97 Å². The predicted octanol–water partition coefficient (Wildman–Crippen LogP) is 2.39. The van der Waals surface area contributed by atoms with Crippen LogP contribution in [0.1, 0.15) is 43.2 Å². The van der Waals surface area contributed by atoms with Crippen LogP contribution in [0.4, 0.5) is 4.39 Å². The molecule has 2 unspecified atom stereocenters. The monoisotopic (exact) mass is 238 g/mol. The maximum Gasteiger partial charge on any atom is 0.306 e. The van der Waals surface area contributed by atoms with Crippen molar-refractivity contribution < 1.29 is 19.4 Å². The smallest absolute Gasteiger partial charge is 0.306 e. The number of carbonyl (C=O) groups is 1. The van der Waals surface area contributed by atoms with E-state index in [0.717, 1.165) is 12.0 Å². The zero-order valence-electron chi connectivity index (χ0n) is 9.61. The molecule has 1 aromatic rings. The lowest BCUT2D eigenvalue weighted by molar-refractivity contribution is -0.143. The number of aliphatic hydroxyl groups is 1. The number of carboxylic acids is 1. The number of fused-ring (bicyclic) bond motifs is 1. The molecule has 0 spiro atoms. The van der Waals surface area contributed by atoms with E-state index >= 15 is 0 Å². The molecule has 0 amide bonds. The Kier molecular flexibility index (Phi) is 2.91. The summed E-state index contributed by atoms with van der Waals surface area (Å²) in [7, 11) is 0. The molecule has 0 saturated carbocycles. The van der Waals surface area contributed by atoms with Gasteiger partial charge in [-0.05, 0) is 42.0 Å². The van der Waals surface area contributed by atoms with Crippen LogP contribution in [0, 0.1) is 5.82 Å². The number of benzene rings is 1. The van der Waals surface area contributed by atoms with Crippen LogP contribution in [0.2, 0.25) is 0 Å². The molecule has 1 aromatic carbocycles. The lowest BCUT2D eigenvalue weighted by atomic mass is 9.91. The summed E-state index contributed by atoms with van der Waals surface area (Å²) in [4.78, 5) is 10.8. The van der Waals surface area contributed by atoms with E-state index in [4.69, 9.17) is 5.11 Å². The van der Waals surface area contributed by atoms with Gasteiger partial charge in [-0.15, -0.1) is 0 Å². The van der Waals surface area contributed by atoms with Gasteiger partial charge in [0.1, 0.15) is 11.4 Å². The summed E-state index contributed by atoms with van der Waals surface area (Å²) in [5.74, 6) is -1.40. The lowest BCUT2D eigenvalue weighted by Gasteiger charge is -2.22. The van der Waals surface area contributed by atoms with Crippen molar-refractivity contribution in [2.75, 3.05) is 0 Å². The third-order valence-electron chi connectivity index (χ3n) is 3.48. The van der Waals surface area contributed by atoms with Gasteiger partial charge in [0.15, 0.2) is 0 Å². The average Bonchev–Trinajstić information content (AvgIpc) is 2.50. The Morgan fingerprint density at radius 2 is 2.29 bits per heavy atom. The molecule has 2 rings (SSSR count). The number of hydrogen-bond donors (Lipinski definition) is 2. The summed E-state index contributed by atoms with van der Waals surface area (Å²) in [6, 6.07) is 4.26. The van der Waals surface area contributed by atoms with E-state index in [0.29, 0.717) is 12.0 Å². The van der Waals surface area contributed by atoms with Gasteiger partial charge in [-0.25, -0.2) is 4.39 Å². The molecule has 3 nitrogen and oxygen atoms in total. The first-order valence-corrected chi connectivity index (χ1v) is 5.70. The van der Waals surface area contributed by atoms with Gasteiger partial charge in [-0.3, -0.25) is 4.79 Å². The minimum atomic E-state index is -1.43. The van der Waals surface area contributed by atoms with E-state index < -0.39 is 17.4 Å². The summed E-state index contributed by atoms with van der Waals surface area (Å²) in [6.07, 6.45) is 0.787. The molecule has 0 radical (unpaired) electrons. The highest BCUT2D eigenvalue weighted by Crippen LogP contribution is 2.47. The van der Waals surface area contributed by atoms with Gasteiger partial charge in [-0.2, -0.15) is 0 Å². The number of rotatable bonds is 3. The summed E-state index contributed by atoms with van der Waals surface area (Å²) in [5, 5.41) is 19.2. The van der Waals surface area contributed by atoms with E-state index in [1.165, 1.54) is 12.1 Å². The fourth-order valence-corrected chi connectivity index (χ4v) is 2.70. The molecule has 2 atom stereocenters. The number of halogens is 1. The first kappa shape index (κ1) is 12.0. The zero-order valence-corrected chi connectivity index (χ0v) is 9.61. The topological polar surface area (TPSA) is 57.5 Å². The second-order valence-corrected chi connectivity index (χ2v) is 4.64. The summed E-state index contributed by atoms with van der Waals surface area (Å²) in [5.41, 5.74) is -0.117. The third kappa shape index (κ3) is 2.05. The van der Waals surface area contributed by atoms with E-state index in [9.17, 15) is 14.3 Å². The van der Waals surface area contributed by atoms with Crippen molar-refractivity contribution in [3.05, 3.63) is 35.1 Å². The fraction of sp³-hybridized carbons (Fsp3) is 0.462. The number of aliphatic carboxylic acids is 1. The standard InChI is InChI=1S/C13H15FO3/c1-2-8-6-13(17,7-12(15)16)11-5-9(14)3-4-10(8)11/h3-5,8,17H,2,6-7H2,1H3,(H,15,16). The van der Waals surface area contributed by atoms with Crippen LogP contribution in [-0.4, -0.2) is 16.2 Å². The van der Waals surface area contributed by atoms with Crippen molar-refractivity contribution in [2.24, 2.45) is 0 Å². The second kappa shape index (κ2) is 4.11. The van der Waals surface area contributed by atoms with Crippen molar-refractivity contribution in [1.82, 2.24) is 0 Å². The average molecular weight is 238 g/mol. The molecule has 0 fully saturated rings. The van der Waals surface area contributed by atoms with Crippen LogP contribution in [0.5, 0.6) is 0 Å². The molecule has 1 aliphatic carbocycles. The number of hydrogen-bond acceptors (Lipinski definition) is 2. The van der Waals surface area contributed by atoms with Gasteiger partial charge >= 0.3 is 5.97 Å². The Bertz CT molecular complexity index is 458. The Balaban J connectivity index is 2.47. The first-order valence-electron chi connectivity index (χ1n) is 5.70. The van der Waals surface area contributed by atoms with Crippen LogP contribution in [0.25, 0.3) is 0 Å². The Labute approximate surface area is 98.9 Å². The molecule has 1 aliphatic rings. The molecular weight excluding hydrogens is 223 g/mol. The van der Waals surface area contributed by atoms with Gasteiger partial charge in [0.05, 0.1) is 6.42 Å². The minimum absolute atomic E-state index is 0.106. The highest BCUT2D eigenvalue weighted by atomic mass is 19.1. The molecule has 17 heavy (non-hydrogen) atoms. The quantitative estimate of drug-likeness (QED) is 0.850. The highest BCUT2D eigenvalue weighted by molar-refractivity contribution is 5.69. The van der Waals surface area contributed by atoms with Crippen molar-refractivity contribution in [1.29, 1.82) is 0 Å². The molecule has 0 aliphatic heterocycles. The molecule has 0 bridgehead atoms. The molecule has 0 heterocycles. The SMILES string of the molecule is CCC1CC(O)(CC(=O)O)c2cc(F)ccc21. The predicted molar refractivity (Wildman–Crippen MR) is 60.2 cm³/mol. The van der Waals surface area contributed by atoms with E-state index in [1.807, 2.05) is 6.92 Å². The molecular formula is C13H15FO3. The maximum atomic E-state index is 13.2. The van der Waals surface area contributed by atoms with Gasteiger partial charge in [0.2, 0.25) is 0 Å². The molecule has 92 valence electrons. The Hall–Kier alpha value is -1.42. The van der Waals surface area contributed by atoms with E-state index in [2.05, 4.69) is 0 Å². The van der Waals surface area contributed by atoms with Crippen molar-refractivity contribution in [2.45, 2.75) is 37.7 Å². The number of carboxylic acid groups (broad SMARTS) is 1. The second-order valence-electron chi connectivity index (χ2n) is 4.64. The van der Waals surface area contributed by atoms with E-state index in [1.54, 1.807) is 6.07 Å². The molecule has 0 saturated heterocycles. The van der Waals surface area contributed by atoms with Gasteiger partial charge in [0.25, 0.3) is 0 Å². The minimum Gasteiger partial charge on any atom is -0.481 e. The lowest BCUT2D eigenvalue weighted by Crippen LogP contribution is -2.26. The first-order chi connectivity index (χ1) is 7.96. The zero-order chi connectivity index (χ0) is 12.6. The third-order valence-corrected chi connectivity index (χ3v) is 3.48. The summed E-state index contributed by atoms with van der Waals surface area (Å²) >= 11 is 0. The van der Waals surface area contributed by atoms with Crippen LogP contribution >= 0.6 is 0 Å². The van der Waals surface area contributed by atoms with Gasteiger partial charge in [-0.1, -0.05) is 13.0 Å². The van der Waals surface area contributed by atoms with Gasteiger partial charge in [0, 0.05) is 0 Å². The van der Waals surface area contributed by atoms with Crippen LogP contribution in [-0.2, 0) is 10.4 Å². The normalized spacial score (nSPS) is 26.9. The fourth-order valence-electron chi connectivity index (χ4n) is 2.70. The highest BCUT2D eigenvalue weighted by Gasteiger charge is 2.43. The van der Waals surface area contributed by atoms with Crippen LogP contribution in [0.15, 0.2) is 18.2 Å². The molecule has 4 heteroatoms. The molecule has 0 aromatic heterocycles. The molecule has 2 N–H and O–H groups in total. The maximum absolute atomic E-state index is 13.2. The van der Waals surface area contributed by atoms with Gasteiger partial charge < -0.3 is 10.2 Å². The Morgan fingerprint density at radius 3 is 2.88 bits per heavy atom. The largest absolute Gasteiger partial charge is 0.481 e. The van der Waals surface area contributed by atoms with Crippen molar-refractivity contribution in [3.63, 3.8) is 0 Å². The summed E-state index contributed by atoms with van der Waals surface area (Å²) in [6.45, 7) is 1.98. The van der Waals surface area contributed by atoms with E-state index in [-0.39, 0.29) is 12.3 Å². The van der Waals surface area contributed by atoms with Crippen LogP contribution in [0.3, 0.4) is 0 Å². The Morgan fingerprint density at radius 1 is 1.59 bits per heavy atom. The van der Waals surface area contributed by atoms with Crippen LogP contribution < -0.4 is 0 Å². The van der Waals surface area contributed by atoms with Crippen molar-refractivity contribution in [3.8, 4) is 0 Å². The summed E-state index contributed by atoms with van der Waals surface area (Å²) < 4.78 is 13.2.